The Morgan fingerprint density at radius 1 is 1.30 bits per heavy atom. The van der Waals surface area contributed by atoms with Crippen LogP contribution in [-0.2, 0) is 4.79 Å². The molecule has 3 rings (SSSR count). The fourth-order valence-corrected chi connectivity index (χ4v) is 3.75. The lowest BCUT2D eigenvalue weighted by atomic mass is 10.0. The molecule has 0 aliphatic rings. The van der Waals surface area contributed by atoms with Crippen molar-refractivity contribution in [2.24, 2.45) is 0 Å². The summed E-state index contributed by atoms with van der Waals surface area (Å²) in [6.45, 7) is 4.27. The highest BCUT2D eigenvalue weighted by atomic mass is 32.2. The van der Waals surface area contributed by atoms with E-state index in [4.69, 9.17) is 4.74 Å². The van der Waals surface area contributed by atoms with Crippen molar-refractivity contribution >= 4 is 29.0 Å². The van der Waals surface area contributed by atoms with Crippen molar-refractivity contribution in [3.05, 3.63) is 70.5 Å². The third kappa shape index (κ3) is 4.80. The van der Waals surface area contributed by atoms with Gasteiger partial charge in [0.2, 0.25) is 5.91 Å². The van der Waals surface area contributed by atoms with Crippen LogP contribution in [-0.4, -0.2) is 33.2 Å². The number of thioether (sulfide) groups is 1. The van der Waals surface area contributed by atoms with E-state index in [0.29, 0.717) is 16.8 Å². The van der Waals surface area contributed by atoms with Gasteiger partial charge in [0, 0.05) is 18.5 Å². The lowest BCUT2D eigenvalue weighted by molar-refractivity contribution is -0.384. The Labute approximate surface area is 178 Å². The van der Waals surface area contributed by atoms with Gasteiger partial charge in [-0.05, 0) is 23.6 Å². The molecule has 8 nitrogen and oxygen atoms in total. The van der Waals surface area contributed by atoms with Gasteiger partial charge in [-0.2, -0.15) is 0 Å². The molecular weight excluding hydrogens is 404 g/mol. The largest absolute Gasteiger partial charge is 0.494 e. The van der Waals surface area contributed by atoms with E-state index in [0.717, 1.165) is 5.69 Å². The number of carbonyl (C=O) groups is 1. The molecule has 1 N–H and O–H groups in total. The summed E-state index contributed by atoms with van der Waals surface area (Å²) in [6, 6.07) is 12.2. The molecule has 0 unspecified atom stereocenters. The third-order valence-corrected chi connectivity index (χ3v) is 5.39. The lowest BCUT2D eigenvalue weighted by Crippen LogP contribution is -2.15. The van der Waals surface area contributed by atoms with E-state index in [1.54, 1.807) is 6.20 Å². The average Bonchev–Trinajstić information content (AvgIpc) is 3.20. The van der Waals surface area contributed by atoms with Crippen LogP contribution < -0.4 is 10.1 Å². The first-order valence-electron chi connectivity index (χ1n) is 9.28. The second-order valence-corrected chi connectivity index (χ2v) is 7.71. The van der Waals surface area contributed by atoms with Crippen LogP contribution >= 0.6 is 11.8 Å². The van der Waals surface area contributed by atoms with Gasteiger partial charge >= 0.3 is 0 Å². The highest BCUT2D eigenvalue weighted by Crippen LogP contribution is 2.30. The monoisotopic (exact) mass is 426 g/mol. The predicted molar refractivity (Wildman–Crippen MR) is 117 cm³/mol. The van der Waals surface area contributed by atoms with E-state index in [1.807, 2.05) is 29.0 Å². The molecule has 0 saturated carbocycles. The second-order valence-electron chi connectivity index (χ2n) is 6.77. The Kier molecular flexibility index (Phi) is 6.73. The zero-order valence-electron chi connectivity index (χ0n) is 16.9. The number of aromatic nitrogens is 2. The van der Waals surface area contributed by atoms with Crippen molar-refractivity contribution < 1.29 is 14.5 Å². The topological polar surface area (TPSA) is 99.3 Å². The van der Waals surface area contributed by atoms with Crippen molar-refractivity contribution in [3.63, 3.8) is 0 Å². The summed E-state index contributed by atoms with van der Waals surface area (Å²) in [5.41, 5.74) is 2.50. The van der Waals surface area contributed by atoms with Gasteiger partial charge in [-0.15, -0.1) is 0 Å². The van der Waals surface area contributed by atoms with Crippen molar-refractivity contribution in [1.82, 2.24) is 9.55 Å². The van der Waals surface area contributed by atoms with Crippen LogP contribution in [0.4, 0.5) is 11.4 Å². The molecule has 0 radical (unpaired) electrons. The van der Waals surface area contributed by atoms with Crippen LogP contribution in [0.1, 0.15) is 25.3 Å². The maximum absolute atomic E-state index is 12.5. The number of amides is 1. The minimum Gasteiger partial charge on any atom is -0.494 e. The number of methoxy groups -OCH3 is 1. The van der Waals surface area contributed by atoms with Crippen LogP contribution in [0.2, 0.25) is 0 Å². The van der Waals surface area contributed by atoms with Crippen LogP contribution in [0.15, 0.2) is 60.0 Å². The number of nitro benzene ring substituents is 1. The first-order valence-corrected chi connectivity index (χ1v) is 10.3. The molecule has 9 heteroatoms. The van der Waals surface area contributed by atoms with Crippen molar-refractivity contribution in [3.8, 4) is 11.4 Å². The maximum Gasteiger partial charge on any atom is 0.273 e. The van der Waals surface area contributed by atoms with Crippen LogP contribution in [0.5, 0.6) is 5.75 Å². The number of benzene rings is 2. The highest BCUT2D eigenvalue weighted by Gasteiger charge is 2.16. The van der Waals surface area contributed by atoms with Gasteiger partial charge in [-0.1, -0.05) is 43.8 Å². The first kappa shape index (κ1) is 21.4. The van der Waals surface area contributed by atoms with Crippen molar-refractivity contribution in [2.45, 2.75) is 24.9 Å². The zero-order valence-corrected chi connectivity index (χ0v) is 17.7. The number of imidazole rings is 1. The number of nitrogens with zero attached hydrogens (tertiary/aromatic N) is 3. The Morgan fingerprint density at radius 2 is 2.07 bits per heavy atom. The SMILES string of the molecule is COc1cc([N+](=O)[O-])ccc1NC(=O)CSc1nccn1-c1ccccc1C(C)C. The Hall–Kier alpha value is -3.33. The number of hydrogen-bond donors (Lipinski definition) is 1. The number of anilines is 1. The van der Waals surface area contributed by atoms with Crippen LogP contribution in [0.3, 0.4) is 0 Å². The van der Waals surface area contributed by atoms with Crippen molar-refractivity contribution in [1.29, 1.82) is 0 Å². The van der Waals surface area contributed by atoms with Gasteiger partial charge in [0.25, 0.3) is 5.69 Å². The van der Waals surface area contributed by atoms with Crippen molar-refractivity contribution in [2.75, 3.05) is 18.2 Å². The van der Waals surface area contributed by atoms with Gasteiger partial charge in [0.15, 0.2) is 5.16 Å². The molecule has 0 fully saturated rings. The average molecular weight is 426 g/mol. The normalized spacial score (nSPS) is 10.8. The summed E-state index contributed by atoms with van der Waals surface area (Å²) in [4.78, 5) is 27.2. The Morgan fingerprint density at radius 3 is 2.77 bits per heavy atom. The fourth-order valence-electron chi connectivity index (χ4n) is 2.99. The minimum absolute atomic E-state index is 0.106. The Bertz CT molecular complexity index is 1060. The van der Waals surface area contributed by atoms with Gasteiger partial charge in [-0.3, -0.25) is 19.5 Å². The molecule has 156 valence electrons. The van der Waals surface area contributed by atoms with E-state index in [-0.39, 0.29) is 23.1 Å². The number of nitrogens with one attached hydrogen (secondary N) is 1. The zero-order chi connectivity index (χ0) is 21.7. The molecule has 1 aromatic heterocycles. The smallest absolute Gasteiger partial charge is 0.273 e. The van der Waals surface area contributed by atoms with Gasteiger partial charge in [0.1, 0.15) is 5.75 Å². The standard InChI is InChI=1S/C21H22N4O4S/c1-14(2)16-6-4-5-7-18(16)24-11-10-22-21(24)30-13-20(26)23-17-9-8-15(25(27)28)12-19(17)29-3/h4-12,14H,13H2,1-3H3,(H,23,26). The molecule has 1 amide bonds. The van der Waals surface area contributed by atoms with E-state index in [9.17, 15) is 14.9 Å². The summed E-state index contributed by atoms with van der Waals surface area (Å²) in [5.74, 6) is 0.439. The molecule has 2 aromatic carbocycles. The molecule has 0 spiro atoms. The molecule has 0 bridgehead atoms. The predicted octanol–water partition coefficient (Wildman–Crippen LogP) is 4.64. The number of ether oxygens (including phenoxy) is 1. The summed E-state index contributed by atoms with van der Waals surface area (Å²) in [6.07, 6.45) is 3.58. The first-order chi connectivity index (χ1) is 14.4. The van der Waals surface area contributed by atoms with Gasteiger partial charge in [-0.25, -0.2) is 4.98 Å². The number of carbonyl (C=O) groups excluding carboxylic acids is 1. The number of non-ortho nitro benzene ring substituents is 1. The molecule has 1 heterocycles. The molecular formula is C21H22N4O4S. The third-order valence-electron chi connectivity index (χ3n) is 4.43. The number of para-hydroxylation sites is 1. The molecule has 3 aromatic rings. The van der Waals surface area contributed by atoms with E-state index in [2.05, 4.69) is 30.2 Å². The van der Waals surface area contributed by atoms with E-state index >= 15 is 0 Å². The molecule has 0 saturated heterocycles. The minimum atomic E-state index is -0.515. The number of nitro groups is 1. The summed E-state index contributed by atoms with van der Waals surface area (Å²) in [7, 11) is 1.40. The van der Waals surface area contributed by atoms with E-state index in [1.165, 1.54) is 42.6 Å². The fraction of sp³-hybridized carbons (Fsp3) is 0.238. The van der Waals surface area contributed by atoms with Crippen LogP contribution in [0.25, 0.3) is 5.69 Å². The molecule has 30 heavy (non-hydrogen) atoms. The molecule has 0 atom stereocenters. The highest BCUT2D eigenvalue weighted by molar-refractivity contribution is 7.99. The summed E-state index contributed by atoms with van der Waals surface area (Å²) < 4.78 is 7.13. The quantitative estimate of drug-likeness (QED) is 0.320. The summed E-state index contributed by atoms with van der Waals surface area (Å²) >= 11 is 1.31. The molecule has 0 aliphatic carbocycles. The lowest BCUT2D eigenvalue weighted by Gasteiger charge is -2.15. The number of hydrogen-bond acceptors (Lipinski definition) is 6. The second kappa shape index (κ2) is 9.45. The van der Waals surface area contributed by atoms with E-state index < -0.39 is 4.92 Å². The van der Waals surface area contributed by atoms with Gasteiger partial charge in [0.05, 0.1) is 35.2 Å². The van der Waals surface area contributed by atoms with Crippen LogP contribution in [0, 0.1) is 10.1 Å². The maximum atomic E-state index is 12.5. The van der Waals surface area contributed by atoms with Gasteiger partial charge < -0.3 is 10.1 Å². The summed E-state index contributed by atoms with van der Waals surface area (Å²) in [5, 5.41) is 14.3. The molecule has 0 aliphatic heterocycles. The Balaban J connectivity index is 1.72. The number of rotatable bonds is 8.